The van der Waals surface area contributed by atoms with Gasteiger partial charge in [-0.05, 0) is 42.3 Å². The fraction of sp³-hybridized carbons (Fsp3) is 0.211. The summed E-state index contributed by atoms with van der Waals surface area (Å²) in [5.74, 6) is 0.775. The summed E-state index contributed by atoms with van der Waals surface area (Å²) < 4.78 is 10.5. The zero-order chi connectivity index (χ0) is 18.1. The van der Waals surface area contributed by atoms with Gasteiger partial charge >= 0.3 is 0 Å². The summed E-state index contributed by atoms with van der Waals surface area (Å²) in [6.45, 7) is 1.84. The summed E-state index contributed by atoms with van der Waals surface area (Å²) in [5.41, 5.74) is 1.72. The maximum atomic E-state index is 12.1. The second-order valence-corrected chi connectivity index (χ2v) is 5.21. The molecule has 1 atom stereocenters. The summed E-state index contributed by atoms with van der Waals surface area (Å²) in [6, 6.07) is 10.7. The van der Waals surface area contributed by atoms with Crippen LogP contribution in [0.2, 0.25) is 0 Å². The van der Waals surface area contributed by atoms with Gasteiger partial charge in [-0.25, -0.2) is 0 Å². The molecule has 6 nitrogen and oxygen atoms in total. The number of pyridine rings is 1. The predicted octanol–water partition coefficient (Wildman–Crippen LogP) is 2.88. The van der Waals surface area contributed by atoms with Gasteiger partial charge in [0.1, 0.15) is 6.07 Å². The fourth-order valence-electron chi connectivity index (χ4n) is 2.17. The van der Waals surface area contributed by atoms with Gasteiger partial charge in [0, 0.05) is 18.5 Å². The van der Waals surface area contributed by atoms with Crippen LogP contribution in [0.5, 0.6) is 11.5 Å². The molecule has 128 valence electrons. The second-order valence-electron chi connectivity index (χ2n) is 5.21. The average Bonchev–Trinajstić information content (AvgIpc) is 2.65. The largest absolute Gasteiger partial charge is 0.493 e. The summed E-state index contributed by atoms with van der Waals surface area (Å²) in [4.78, 5) is 16.1. The lowest BCUT2D eigenvalue weighted by molar-refractivity contribution is -0.117. The number of aromatic nitrogens is 1. The predicted molar refractivity (Wildman–Crippen MR) is 93.9 cm³/mol. The molecule has 0 radical (unpaired) electrons. The van der Waals surface area contributed by atoms with Crippen molar-refractivity contribution in [1.82, 2.24) is 10.3 Å². The minimum Gasteiger partial charge on any atom is -0.493 e. The van der Waals surface area contributed by atoms with E-state index in [-0.39, 0.29) is 18.6 Å². The quantitative estimate of drug-likeness (QED) is 0.785. The molecule has 0 saturated heterocycles. The number of carbonyl (C=O) groups excluding carboxylic acids is 1. The van der Waals surface area contributed by atoms with Crippen molar-refractivity contribution in [2.24, 2.45) is 0 Å². The zero-order valence-electron chi connectivity index (χ0n) is 14.1. The molecule has 1 heterocycles. The summed E-state index contributed by atoms with van der Waals surface area (Å²) in [5, 5.41) is 11.4. The molecule has 1 aromatic carbocycles. The first kappa shape index (κ1) is 18.0. The molecule has 1 amide bonds. The Morgan fingerprint density at radius 2 is 2.24 bits per heavy atom. The number of amides is 1. The van der Waals surface area contributed by atoms with E-state index in [1.807, 2.05) is 25.1 Å². The fourth-order valence-corrected chi connectivity index (χ4v) is 2.17. The number of nitrogens with one attached hydrogen (secondary N) is 1. The van der Waals surface area contributed by atoms with Crippen molar-refractivity contribution in [2.45, 2.75) is 13.0 Å². The summed E-state index contributed by atoms with van der Waals surface area (Å²) >= 11 is 0. The Morgan fingerprint density at radius 3 is 2.92 bits per heavy atom. The number of hydrogen-bond acceptors (Lipinski definition) is 5. The number of nitrogens with zero attached hydrogens (tertiary/aromatic N) is 2. The first-order chi connectivity index (χ1) is 12.1. The third-order valence-corrected chi connectivity index (χ3v) is 3.45. The van der Waals surface area contributed by atoms with Crippen molar-refractivity contribution < 1.29 is 14.3 Å². The van der Waals surface area contributed by atoms with Crippen molar-refractivity contribution in [2.75, 3.05) is 13.7 Å². The van der Waals surface area contributed by atoms with Crippen LogP contribution in [0.15, 0.2) is 48.8 Å². The molecule has 25 heavy (non-hydrogen) atoms. The van der Waals surface area contributed by atoms with Crippen LogP contribution in [-0.2, 0) is 4.79 Å². The third kappa shape index (κ3) is 5.36. The molecule has 0 saturated carbocycles. The van der Waals surface area contributed by atoms with E-state index >= 15 is 0 Å². The Kier molecular flexibility index (Phi) is 6.55. The first-order valence-corrected chi connectivity index (χ1v) is 7.70. The highest BCUT2D eigenvalue weighted by Gasteiger charge is 2.08. The monoisotopic (exact) mass is 337 g/mol. The Bertz CT molecular complexity index is 782. The van der Waals surface area contributed by atoms with E-state index in [9.17, 15) is 4.79 Å². The van der Waals surface area contributed by atoms with E-state index in [4.69, 9.17) is 14.7 Å². The Morgan fingerprint density at radius 1 is 1.40 bits per heavy atom. The molecular weight excluding hydrogens is 318 g/mol. The van der Waals surface area contributed by atoms with E-state index in [1.54, 1.807) is 36.7 Å². The smallest absolute Gasteiger partial charge is 0.244 e. The lowest BCUT2D eigenvalue weighted by Gasteiger charge is -2.12. The second kappa shape index (κ2) is 9.08. The Balaban J connectivity index is 2.01. The van der Waals surface area contributed by atoms with E-state index in [1.165, 1.54) is 13.2 Å². The average molecular weight is 337 g/mol. The van der Waals surface area contributed by atoms with E-state index in [2.05, 4.69) is 10.3 Å². The number of ether oxygens (including phenoxy) is 2. The zero-order valence-corrected chi connectivity index (χ0v) is 14.1. The van der Waals surface area contributed by atoms with Gasteiger partial charge in [0.05, 0.1) is 13.2 Å². The Hall–Kier alpha value is -3.33. The van der Waals surface area contributed by atoms with Gasteiger partial charge in [-0.15, -0.1) is 0 Å². The topological polar surface area (TPSA) is 84.2 Å². The number of methoxy groups -OCH3 is 1. The molecule has 2 aromatic rings. The number of carbonyl (C=O) groups is 1. The molecule has 0 aliphatic rings. The molecule has 0 fully saturated rings. The minimum absolute atomic E-state index is 0.0554. The summed E-state index contributed by atoms with van der Waals surface area (Å²) in [7, 11) is 1.52. The molecule has 2 rings (SSSR count). The molecule has 6 heteroatoms. The van der Waals surface area contributed by atoms with Crippen LogP contribution in [-0.4, -0.2) is 24.6 Å². The number of nitriles is 1. The highest BCUT2D eigenvalue weighted by Crippen LogP contribution is 2.28. The van der Waals surface area contributed by atoms with Crippen LogP contribution in [0.4, 0.5) is 0 Å². The molecule has 1 unspecified atom stereocenters. The highest BCUT2D eigenvalue weighted by molar-refractivity contribution is 5.92. The normalized spacial score (nSPS) is 11.6. The van der Waals surface area contributed by atoms with Crippen molar-refractivity contribution in [3.63, 3.8) is 0 Å². The molecule has 1 aromatic heterocycles. The van der Waals surface area contributed by atoms with Crippen LogP contribution in [0.1, 0.15) is 24.1 Å². The van der Waals surface area contributed by atoms with Gasteiger partial charge < -0.3 is 14.8 Å². The molecule has 0 aliphatic heterocycles. The minimum atomic E-state index is -0.208. The van der Waals surface area contributed by atoms with Crippen LogP contribution >= 0.6 is 0 Å². The van der Waals surface area contributed by atoms with Gasteiger partial charge in [-0.1, -0.05) is 12.1 Å². The highest BCUT2D eigenvalue weighted by atomic mass is 16.5. The number of rotatable bonds is 7. The molecule has 0 bridgehead atoms. The summed E-state index contributed by atoms with van der Waals surface area (Å²) in [6.07, 6.45) is 6.55. The number of hydrogen-bond donors (Lipinski definition) is 1. The Labute approximate surface area is 146 Å². The molecule has 0 aliphatic carbocycles. The lowest BCUT2D eigenvalue weighted by Crippen LogP contribution is -2.24. The van der Waals surface area contributed by atoms with Gasteiger partial charge in [0.15, 0.2) is 18.1 Å². The molecule has 0 spiro atoms. The van der Waals surface area contributed by atoms with Crippen molar-refractivity contribution in [1.29, 1.82) is 5.26 Å². The standard InChI is InChI=1S/C19H19N3O3/c1-14(16-4-3-10-21-13-16)22-19(23)8-6-15-5-7-17(25-11-9-20)18(12-15)24-2/h3-8,10,12-14H,11H2,1-2H3,(H,22,23)/b8-6+. The van der Waals surface area contributed by atoms with Crippen LogP contribution < -0.4 is 14.8 Å². The van der Waals surface area contributed by atoms with Crippen LogP contribution in [0, 0.1) is 11.3 Å². The van der Waals surface area contributed by atoms with Crippen molar-refractivity contribution in [3.05, 3.63) is 59.9 Å². The van der Waals surface area contributed by atoms with E-state index < -0.39 is 0 Å². The maximum absolute atomic E-state index is 12.1. The molecular formula is C19H19N3O3. The SMILES string of the molecule is COc1cc(/C=C/C(=O)NC(C)c2cccnc2)ccc1OCC#N. The van der Waals surface area contributed by atoms with Gasteiger partial charge in [0.2, 0.25) is 5.91 Å². The van der Waals surface area contributed by atoms with E-state index in [0.717, 1.165) is 11.1 Å². The van der Waals surface area contributed by atoms with Crippen molar-refractivity contribution >= 4 is 12.0 Å². The van der Waals surface area contributed by atoms with Crippen LogP contribution in [0.3, 0.4) is 0 Å². The first-order valence-electron chi connectivity index (χ1n) is 7.70. The maximum Gasteiger partial charge on any atom is 0.244 e. The van der Waals surface area contributed by atoms with Gasteiger partial charge in [0.25, 0.3) is 0 Å². The van der Waals surface area contributed by atoms with Crippen molar-refractivity contribution in [3.8, 4) is 17.6 Å². The number of benzene rings is 1. The van der Waals surface area contributed by atoms with Gasteiger partial charge in [-0.2, -0.15) is 5.26 Å². The third-order valence-electron chi connectivity index (χ3n) is 3.45. The van der Waals surface area contributed by atoms with Crippen LogP contribution in [0.25, 0.3) is 6.08 Å². The van der Waals surface area contributed by atoms with E-state index in [0.29, 0.717) is 11.5 Å². The van der Waals surface area contributed by atoms with Gasteiger partial charge in [-0.3, -0.25) is 9.78 Å². The lowest BCUT2D eigenvalue weighted by atomic mass is 10.1. The molecule has 1 N–H and O–H groups in total.